The molecule has 25 heavy (non-hydrogen) atoms. The quantitative estimate of drug-likeness (QED) is 0.569. The molecule has 0 saturated heterocycles. The normalized spacial score (nSPS) is 10.8. The fourth-order valence-corrected chi connectivity index (χ4v) is 2.73. The fraction of sp³-hybridized carbons (Fsp3) is 0.368. The van der Waals surface area contributed by atoms with Crippen LogP contribution in [0.3, 0.4) is 0 Å². The van der Waals surface area contributed by atoms with Crippen LogP contribution in [0.5, 0.6) is 11.5 Å². The van der Waals surface area contributed by atoms with E-state index in [4.69, 9.17) is 32.7 Å². The van der Waals surface area contributed by atoms with E-state index in [-0.39, 0.29) is 12.4 Å². The molecule has 2 aromatic carbocycles. The first-order valence-corrected chi connectivity index (χ1v) is 9.03. The Kier molecular flexibility index (Phi) is 7.82. The van der Waals surface area contributed by atoms with Gasteiger partial charge in [0.25, 0.3) is 0 Å². The Balaban J connectivity index is 2.16. The van der Waals surface area contributed by atoms with Gasteiger partial charge in [0.05, 0.1) is 11.6 Å². The third-order valence-electron chi connectivity index (χ3n) is 3.55. The molecule has 6 heteroatoms. The Hall–Kier alpha value is -1.49. The molecule has 2 rings (SSSR count). The summed E-state index contributed by atoms with van der Waals surface area (Å²) in [7, 11) is 0. The fourth-order valence-electron chi connectivity index (χ4n) is 2.29. The minimum atomic E-state index is -0.379. The van der Waals surface area contributed by atoms with E-state index in [0.717, 1.165) is 18.5 Å². The molecule has 0 aliphatic rings. The third kappa shape index (κ3) is 5.77. The monoisotopic (exact) mass is 385 g/mol. The first-order chi connectivity index (χ1) is 12.0. The second-order valence-electron chi connectivity index (χ2n) is 5.52. The first-order valence-electron chi connectivity index (χ1n) is 8.27. The molecular formula is C19H22Cl2FNO2. The van der Waals surface area contributed by atoms with Gasteiger partial charge < -0.3 is 14.8 Å². The van der Waals surface area contributed by atoms with Crippen molar-refractivity contribution in [1.82, 2.24) is 5.32 Å². The average Bonchev–Trinajstić information content (AvgIpc) is 2.57. The molecule has 0 aliphatic heterocycles. The summed E-state index contributed by atoms with van der Waals surface area (Å²) >= 11 is 12.4. The van der Waals surface area contributed by atoms with Crippen molar-refractivity contribution in [1.29, 1.82) is 0 Å². The molecular weight excluding hydrogens is 364 g/mol. The maximum Gasteiger partial charge on any atom is 0.163 e. The van der Waals surface area contributed by atoms with E-state index in [1.165, 1.54) is 12.1 Å². The highest BCUT2D eigenvalue weighted by Crippen LogP contribution is 2.34. The minimum Gasteiger partial charge on any atom is -0.490 e. The summed E-state index contributed by atoms with van der Waals surface area (Å²) in [4.78, 5) is 0. The van der Waals surface area contributed by atoms with Gasteiger partial charge >= 0.3 is 0 Å². The number of nitrogens with one attached hydrogen (secondary N) is 1. The maximum atomic E-state index is 13.1. The van der Waals surface area contributed by atoms with Gasteiger partial charge in [0, 0.05) is 23.2 Å². The zero-order chi connectivity index (χ0) is 18.2. The highest BCUT2D eigenvalue weighted by molar-refractivity contribution is 6.31. The van der Waals surface area contributed by atoms with E-state index in [0.29, 0.717) is 40.3 Å². The number of rotatable bonds is 9. The molecule has 1 N–H and O–H groups in total. The third-order valence-corrected chi connectivity index (χ3v) is 4.26. The summed E-state index contributed by atoms with van der Waals surface area (Å²) in [5.41, 5.74) is 1.64. The smallest absolute Gasteiger partial charge is 0.163 e. The van der Waals surface area contributed by atoms with Crippen molar-refractivity contribution >= 4 is 23.2 Å². The van der Waals surface area contributed by atoms with Gasteiger partial charge in [-0.05, 0) is 43.7 Å². The lowest BCUT2D eigenvalue weighted by atomic mass is 10.2. The second-order valence-corrected chi connectivity index (χ2v) is 6.34. The van der Waals surface area contributed by atoms with Gasteiger partial charge in [-0.15, -0.1) is 0 Å². The Bertz CT molecular complexity index is 710. The molecule has 0 aliphatic carbocycles. The van der Waals surface area contributed by atoms with E-state index in [9.17, 15) is 4.39 Å². The SMILES string of the molecule is CCCNCc1cc(OCC)c(OCc2ccc(F)cc2Cl)cc1Cl. The summed E-state index contributed by atoms with van der Waals surface area (Å²) in [6, 6.07) is 7.84. The van der Waals surface area contributed by atoms with Crippen molar-refractivity contribution in [2.24, 2.45) is 0 Å². The van der Waals surface area contributed by atoms with Gasteiger partial charge in [-0.1, -0.05) is 36.2 Å². The van der Waals surface area contributed by atoms with Crippen molar-refractivity contribution in [2.75, 3.05) is 13.2 Å². The van der Waals surface area contributed by atoms with Crippen LogP contribution in [0.4, 0.5) is 4.39 Å². The van der Waals surface area contributed by atoms with Crippen LogP contribution in [0.15, 0.2) is 30.3 Å². The standard InChI is InChI=1S/C19H22Cl2FNO2/c1-3-7-23-11-14-8-18(24-4-2)19(10-17(14)21)25-12-13-5-6-15(22)9-16(13)20/h5-6,8-10,23H,3-4,7,11-12H2,1-2H3. The van der Waals surface area contributed by atoms with Crippen LogP contribution in [0.2, 0.25) is 10.0 Å². The van der Waals surface area contributed by atoms with E-state index >= 15 is 0 Å². The summed E-state index contributed by atoms with van der Waals surface area (Å²) in [6.45, 7) is 6.31. The molecule has 0 unspecified atom stereocenters. The second kappa shape index (κ2) is 9.85. The molecule has 0 amide bonds. The molecule has 2 aromatic rings. The highest BCUT2D eigenvalue weighted by Gasteiger charge is 2.12. The van der Waals surface area contributed by atoms with Gasteiger partial charge in [0.2, 0.25) is 0 Å². The minimum absolute atomic E-state index is 0.197. The van der Waals surface area contributed by atoms with Crippen molar-refractivity contribution in [3.05, 3.63) is 57.3 Å². The van der Waals surface area contributed by atoms with Gasteiger partial charge in [-0.3, -0.25) is 0 Å². The Morgan fingerprint density at radius 2 is 1.68 bits per heavy atom. The summed E-state index contributed by atoms with van der Waals surface area (Å²) < 4.78 is 24.6. The lowest BCUT2D eigenvalue weighted by Crippen LogP contribution is -2.14. The van der Waals surface area contributed by atoms with Crippen LogP contribution in [0.25, 0.3) is 0 Å². The molecule has 0 aromatic heterocycles. The molecule has 136 valence electrons. The molecule has 0 radical (unpaired) electrons. The molecule has 0 fully saturated rings. The average molecular weight is 386 g/mol. The van der Waals surface area contributed by atoms with Gasteiger partial charge in [-0.25, -0.2) is 4.39 Å². The van der Waals surface area contributed by atoms with Gasteiger partial charge in [-0.2, -0.15) is 0 Å². The van der Waals surface area contributed by atoms with E-state index in [1.807, 2.05) is 13.0 Å². The van der Waals surface area contributed by atoms with Crippen LogP contribution in [0, 0.1) is 5.82 Å². The largest absolute Gasteiger partial charge is 0.490 e. The Morgan fingerprint density at radius 1 is 0.960 bits per heavy atom. The zero-order valence-corrected chi connectivity index (χ0v) is 15.9. The number of halogens is 3. The molecule has 0 bridgehead atoms. The van der Waals surface area contributed by atoms with Crippen LogP contribution >= 0.6 is 23.2 Å². The van der Waals surface area contributed by atoms with E-state index in [2.05, 4.69) is 12.2 Å². The predicted molar refractivity (Wildman–Crippen MR) is 100 cm³/mol. The number of ether oxygens (including phenoxy) is 2. The summed E-state index contributed by atoms with van der Waals surface area (Å²) in [6.07, 6.45) is 1.05. The van der Waals surface area contributed by atoms with Crippen LogP contribution in [-0.2, 0) is 13.2 Å². The Labute approximate surface area is 158 Å². The molecule has 0 heterocycles. The van der Waals surface area contributed by atoms with Crippen molar-refractivity contribution in [2.45, 2.75) is 33.4 Å². The highest BCUT2D eigenvalue weighted by atomic mass is 35.5. The van der Waals surface area contributed by atoms with Crippen molar-refractivity contribution in [3.63, 3.8) is 0 Å². The lowest BCUT2D eigenvalue weighted by Gasteiger charge is -2.15. The van der Waals surface area contributed by atoms with E-state index in [1.54, 1.807) is 12.1 Å². The molecule has 0 saturated carbocycles. The van der Waals surface area contributed by atoms with E-state index < -0.39 is 0 Å². The summed E-state index contributed by atoms with van der Waals surface area (Å²) in [5, 5.41) is 4.25. The molecule has 0 atom stereocenters. The van der Waals surface area contributed by atoms with Gasteiger partial charge in [0.15, 0.2) is 11.5 Å². The zero-order valence-electron chi connectivity index (χ0n) is 14.4. The number of hydrogen-bond donors (Lipinski definition) is 1. The summed E-state index contributed by atoms with van der Waals surface area (Å²) in [5.74, 6) is 0.778. The van der Waals surface area contributed by atoms with Crippen LogP contribution in [-0.4, -0.2) is 13.2 Å². The predicted octanol–water partition coefficient (Wildman–Crippen LogP) is 5.61. The first kappa shape index (κ1) is 19.8. The molecule has 0 spiro atoms. The Morgan fingerprint density at radius 3 is 2.36 bits per heavy atom. The maximum absolute atomic E-state index is 13.1. The van der Waals surface area contributed by atoms with Crippen molar-refractivity contribution < 1.29 is 13.9 Å². The van der Waals surface area contributed by atoms with Gasteiger partial charge in [0.1, 0.15) is 12.4 Å². The van der Waals surface area contributed by atoms with Crippen LogP contribution in [0.1, 0.15) is 31.4 Å². The molecule has 3 nitrogen and oxygen atoms in total. The number of benzene rings is 2. The number of hydrogen-bond acceptors (Lipinski definition) is 3. The van der Waals surface area contributed by atoms with Crippen LogP contribution < -0.4 is 14.8 Å². The van der Waals surface area contributed by atoms with Crippen molar-refractivity contribution in [3.8, 4) is 11.5 Å². The lowest BCUT2D eigenvalue weighted by molar-refractivity contribution is 0.269. The topological polar surface area (TPSA) is 30.5 Å².